The van der Waals surface area contributed by atoms with Crippen LogP contribution in [0, 0.1) is 5.82 Å². The molecule has 1 heterocycles. The molecule has 0 saturated heterocycles. The molecule has 5 heteroatoms. The maximum atomic E-state index is 13.6. The number of halogens is 2. The average Bonchev–Trinajstić information content (AvgIpc) is 2.18. The van der Waals surface area contributed by atoms with Crippen LogP contribution in [-0.2, 0) is 6.42 Å². The van der Waals surface area contributed by atoms with E-state index in [1.165, 1.54) is 6.33 Å². The highest BCUT2D eigenvalue weighted by molar-refractivity contribution is 6.18. The highest BCUT2D eigenvalue weighted by Crippen LogP contribution is 2.16. The lowest BCUT2D eigenvalue weighted by Gasteiger charge is -2.17. The second-order valence-corrected chi connectivity index (χ2v) is 3.30. The Hall–Kier alpha value is -0.900. The Balaban J connectivity index is 2.96. The number of rotatable bonds is 4. The third-order valence-electron chi connectivity index (χ3n) is 1.96. The normalized spacial score (nSPS) is 10.3. The highest BCUT2D eigenvalue weighted by Gasteiger charge is 2.12. The summed E-state index contributed by atoms with van der Waals surface area (Å²) in [7, 11) is 1.76. The van der Waals surface area contributed by atoms with Gasteiger partial charge in [0.2, 0.25) is 0 Å². The summed E-state index contributed by atoms with van der Waals surface area (Å²) in [5.74, 6) is 0.418. The zero-order valence-corrected chi connectivity index (χ0v) is 9.05. The number of alkyl halides is 1. The first kappa shape index (κ1) is 11.2. The Morgan fingerprint density at radius 3 is 2.79 bits per heavy atom. The van der Waals surface area contributed by atoms with E-state index in [9.17, 15) is 4.39 Å². The van der Waals surface area contributed by atoms with Crippen molar-refractivity contribution in [3.8, 4) is 0 Å². The Labute approximate surface area is 87.9 Å². The topological polar surface area (TPSA) is 29.0 Å². The number of hydrogen-bond acceptors (Lipinski definition) is 3. The molecule has 0 amide bonds. The first-order valence-corrected chi connectivity index (χ1v) is 5.00. The van der Waals surface area contributed by atoms with Gasteiger partial charge in [0.05, 0.1) is 5.69 Å². The van der Waals surface area contributed by atoms with Crippen molar-refractivity contribution >= 4 is 17.4 Å². The van der Waals surface area contributed by atoms with Gasteiger partial charge in [0, 0.05) is 19.5 Å². The monoisotopic (exact) mass is 217 g/mol. The quantitative estimate of drug-likeness (QED) is 0.721. The van der Waals surface area contributed by atoms with E-state index in [1.807, 2.05) is 6.92 Å². The van der Waals surface area contributed by atoms with E-state index in [-0.39, 0.29) is 5.82 Å². The molecule has 1 aromatic heterocycles. The van der Waals surface area contributed by atoms with E-state index in [2.05, 4.69) is 9.97 Å². The number of hydrogen-bond donors (Lipinski definition) is 0. The van der Waals surface area contributed by atoms with Crippen LogP contribution in [0.3, 0.4) is 0 Å². The molecular weight excluding hydrogens is 205 g/mol. The average molecular weight is 218 g/mol. The minimum absolute atomic E-state index is 0.317. The molecule has 14 heavy (non-hydrogen) atoms. The molecular formula is C9H13ClFN3. The van der Waals surface area contributed by atoms with E-state index >= 15 is 0 Å². The highest BCUT2D eigenvalue weighted by atomic mass is 35.5. The molecule has 3 nitrogen and oxygen atoms in total. The van der Waals surface area contributed by atoms with Crippen molar-refractivity contribution in [3.63, 3.8) is 0 Å². The van der Waals surface area contributed by atoms with Crippen molar-refractivity contribution in [2.45, 2.75) is 13.3 Å². The molecule has 0 aromatic carbocycles. The van der Waals surface area contributed by atoms with Crippen molar-refractivity contribution in [1.82, 2.24) is 9.97 Å². The van der Waals surface area contributed by atoms with Gasteiger partial charge in [0.25, 0.3) is 0 Å². The SMILES string of the molecule is CCc1ncnc(N(C)CCCl)c1F. The van der Waals surface area contributed by atoms with Crippen molar-refractivity contribution < 1.29 is 4.39 Å². The summed E-state index contributed by atoms with van der Waals surface area (Å²) in [6, 6.07) is 0. The minimum Gasteiger partial charge on any atom is -0.356 e. The van der Waals surface area contributed by atoms with Gasteiger partial charge in [0.15, 0.2) is 11.6 Å². The summed E-state index contributed by atoms with van der Waals surface area (Å²) in [5, 5.41) is 0. The molecule has 0 N–H and O–H groups in total. The molecule has 0 saturated carbocycles. The fourth-order valence-corrected chi connectivity index (χ4v) is 1.39. The third kappa shape index (κ3) is 2.32. The van der Waals surface area contributed by atoms with Crippen molar-refractivity contribution in [2.24, 2.45) is 0 Å². The van der Waals surface area contributed by atoms with E-state index in [0.717, 1.165) is 0 Å². The van der Waals surface area contributed by atoms with Gasteiger partial charge in [-0.2, -0.15) is 0 Å². The van der Waals surface area contributed by atoms with Crippen molar-refractivity contribution in [1.29, 1.82) is 0 Å². The second-order valence-electron chi connectivity index (χ2n) is 2.92. The standard InChI is InChI=1S/C9H13ClFN3/c1-3-7-8(11)9(13-6-12-7)14(2)5-4-10/h6H,3-5H2,1-2H3. The smallest absolute Gasteiger partial charge is 0.187 e. The Morgan fingerprint density at radius 2 is 2.21 bits per heavy atom. The molecule has 0 radical (unpaired) electrons. The van der Waals surface area contributed by atoms with Gasteiger partial charge in [0.1, 0.15) is 6.33 Å². The van der Waals surface area contributed by atoms with Crippen LogP contribution in [0.25, 0.3) is 0 Å². The van der Waals surface area contributed by atoms with Crippen LogP contribution in [0.5, 0.6) is 0 Å². The number of anilines is 1. The number of aryl methyl sites for hydroxylation is 1. The molecule has 1 rings (SSSR count). The van der Waals surface area contributed by atoms with Crippen LogP contribution in [-0.4, -0.2) is 29.4 Å². The van der Waals surface area contributed by atoms with E-state index < -0.39 is 0 Å². The zero-order valence-electron chi connectivity index (χ0n) is 8.30. The van der Waals surface area contributed by atoms with Gasteiger partial charge in [-0.1, -0.05) is 6.92 Å². The van der Waals surface area contributed by atoms with E-state index in [4.69, 9.17) is 11.6 Å². The van der Waals surface area contributed by atoms with Gasteiger partial charge in [-0.05, 0) is 6.42 Å². The second kappa shape index (κ2) is 5.10. The molecule has 0 bridgehead atoms. The number of nitrogens with zero attached hydrogens (tertiary/aromatic N) is 3. The summed E-state index contributed by atoms with van der Waals surface area (Å²) >= 11 is 5.56. The Bertz CT molecular complexity index is 306. The summed E-state index contributed by atoms with van der Waals surface area (Å²) in [6.45, 7) is 2.43. The van der Waals surface area contributed by atoms with Crippen LogP contribution < -0.4 is 4.90 Å². The maximum Gasteiger partial charge on any atom is 0.187 e. The molecule has 78 valence electrons. The molecule has 0 unspecified atom stereocenters. The van der Waals surface area contributed by atoms with Gasteiger partial charge >= 0.3 is 0 Å². The first-order chi connectivity index (χ1) is 6.70. The lowest BCUT2D eigenvalue weighted by Crippen LogP contribution is -2.22. The predicted octanol–water partition coefficient (Wildman–Crippen LogP) is 1.85. The van der Waals surface area contributed by atoms with Crippen LogP contribution in [0.4, 0.5) is 10.2 Å². The summed E-state index contributed by atoms with van der Waals surface area (Å²) in [6.07, 6.45) is 1.94. The molecule has 0 aliphatic heterocycles. The molecule has 0 fully saturated rings. The fourth-order valence-electron chi connectivity index (χ4n) is 1.14. The molecule has 1 aromatic rings. The Morgan fingerprint density at radius 1 is 1.50 bits per heavy atom. The van der Waals surface area contributed by atoms with E-state index in [1.54, 1.807) is 11.9 Å². The van der Waals surface area contributed by atoms with Crippen LogP contribution in [0.15, 0.2) is 6.33 Å². The summed E-state index contributed by atoms with van der Waals surface area (Å²) in [4.78, 5) is 9.42. The summed E-state index contributed by atoms with van der Waals surface area (Å²) < 4.78 is 13.6. The van der Waals surface area contributed by atoms with Crippen molar-refractivity contribution in [2.75, 3.05) is 24.4 Å². The Kier molecular flexibility index (Phi) is 4.07. The fraction of sp³-hybridized carbons (Fsp3) is 0.556. The third-order valence-corrected chi connectivity index (χ3v) is 2.13. The molecule has 0 aliphatic carbocycles. The van der Waals surface area contributed by atoms with Crippen molar-refractivity contribution in [3.05, 3.63) is 17.8 Å². The van der Waals surface area contributed by atoms with Crippen LogP contribution in [0.1, 0.15) is 12.6 Å². The minimum atomic E-state index is -0.345. The number of aromatic nitrogens is 2. The molecule has 0 atom stereocenters. The zero-order chi connectivity index (χ0) is 10.6. The molecule has 0 aliphatic rings. The van der Waals surface area contributed by atoms with E-state index in [0.29, 0.717) is 30.4 Å². The van der Waals surface area contributed by atoms with Gasteiger partial charge in [-0.15, -0.1) is 11.6 Å². The lowest BCUT2D eigenvalue weighted by atomic mass is 10.3. The van der Waals surface area contributed by atoms with Crippen LogP contribution in [0.2, 0.25) is 0 Å². The molecule has 0 spiro atoms. The largest absolute Gasteiger partial charge is 0.356 e. The lowest BCUT2D eigenvalue weighted by molar-refractivity contribution is 0.589. The predicted molar refractivity (Wildman–Crippen MR) is 55.4 cm³/mol. The van der Waals surface area contributed by atoms with Crippen LogP contribution >= 0.6 is 11.6 Å². The van der Waals surface area contributed by atoms with Gasteiger partial charge in [-0.3, -0.25) is 0 Å². The van der Waals surface area contributed by atoms with Gasteiger partial charge in [-0.25, -0.2) is 14.4 Å². The summed E-state index contributed by atoms with van der Waals surface area (Å²) in [5.41, 5.74) is 0.441. The van der Waals surface area contributed by atoms with Gasteiger partial charge < -0.3 is 4.90 Å². The maximum absolute atomic E-state index is 13.6. The first-order valence-electron chi connectivity index (χ1n) is 4.47.